The zero-order chi connectivity index (χ0) is 21.9. The van der Waals surface area contributed by atoms with Crippen molar-refractivity contribution in [3.8, 4) is 0 Å². The highest BCUT2D eigenvalue weighted by molar-refractivity contribution is 8.43. The Labute approximate surface area is 181 Å². The van der Waals surface area contributed by atoms with Crippen LogP contribution in [0.4, 0.5) is 5.69 Å². The third-order valence-electron chi connectivity index (χ3n) is 5.92. The minimum Gasteiger partial charge on any atom is -0.325 e. The summed E-state index contributed by atoms with van der Waals surface area (Å²) in [6.07, 6.45) is 7.19. The lowest BCUT2D eigenvalue weighted by Gasteiger charge is -2.48. The number of nitrogens with zero attached hydrogens (tertiary/aromatic N) is 5. The Morgan fingerprint density at radius 1 is 1.30 bits per heavy atom. The molecule has 0 radical (unpaired) electrons. The Hall–Kier alpha value is -2.29. The number of aryl methyl sites for hydroxylation is 1. The van der Waals surface area contributed by atoms with Crippen LogP contribution in [0.5, 0.6) is 0 Å². The summed E-state index contributed by atoms with van der Waals surface area (Å²) in [5.74, 6) is 3.87. The number of benzene rings is 1. The average molecular weight is 447 g/mol. The summed E-state index contributed by atoms with van der Waals surface area (Å²) < 4.78 is 4.00. The molecule has 1 unspecified atom stereocenters. The van der Waals surface area contributed by atoms with Crippen molar-refractivity contribution < 1.29 is 4.79 Å². The first-order chi connectivity index (χ1) is 14.0. The number of aromatic nitrogens is 4. The van der Waals surface area contributed by atoms with Gasteiger partial charge in [0, 0.05) is 18.4 Å². The molecule has 1 atom stereocenters. The van der Waals surface area contributed by atoms with E-state index in [0.717, 1.165) is 34.5 Å². The summed E-state index contributed by atoms with van der Waals surface area (Å²) in [6.45, 7) is 2.84. The minimum atomic E-state index is -2.26. The second-order valence-corrected chi connectivity index (χ2v) is 14.4. The van der Waals surface area contributed by atoms with Gasteiger partial charge in [0.2, 0.25) is 11.2 Å². The number of anilines is 1. The smallest absolute Gasteiger partial charge is 0.238 e. The molecule has 3 aromatic rings. The van der Waals surface area contributed by atoms with Crippen LogP contribution in [0.25, 0.3) is 11.0 Å². The summed E-state index contributed by atoms with van der Waals surface area (Å²) in [5, 5.41) is 8.33. The van der Waals surface area contributed by atoms with Crippen LogP contribution in [0.3, 0.4) is 0 Å². The van der Waals surface area contributed by atoms with Crippen LogP contribution in [-0.2, 0) is 11.3 Å². The molecule has 1 amide bonds. The number of carbonyl (C=O) groups excluding carboxylic acids is 1. The Balaban J connectivity index is 1.92. The third-order valence-corrected chi connectivity index (χ3v) is 10.2. The second-order valence-electron chi connectivity index (χ2n) is 8.61. The average Bonchev–Trinajstić information content (AvgIpc) is 3.19. The summed E-state index contributed by atoms with van der Waals surface area (Å²) in [5.41, 5.74) is 2.76. The van der Waals surface area contributed by atoms with Gasteiger partial charge in [0.15, 0.2) is 5.65 Å². The van der Waals surface area contributed by atoms with E-state index in [1.165, 1.54) is 0 Å². The molecule has 9 heteroatoms. The molecular weight excluding hydrogens is 420 g/mol. The van der Waals surface area contributed by atoms with Crippen molar-refractivity contribution in [1.29, 1.82) is 0 Å². The number of fused-ring (bicyclic) bond motifs is 2. The first-order valence-corrected chi connectivity index (χ1v) is 13.1. The molecule has 0 saturated heterocycles. The van der Waals surface area contributed by atoms with Gasteiger partial charge in [0.05, 0.1) is 11.1 Å². The fourth-order valence-corrected chi connectivity index (χ4v) is 5.22. The van der Waals surface area contributed by atoms with Crippen molar-refractivity contribution in [2.24, 2.45) is 0 Å². The van der Waals surface area contributed by atoms with Crippen molar-refractivity contribution in [2.45, 2.75) is 30.7 Å². The normalized spacial score (nSPS) is 17.8. The van der Waals surface area contributed by atoms with Gasteiger partial charge in [-0.3, -0.25) is 13.8 Å². The number of nitrogens with one attached hydrogen (secondary N) is 1. The first kappa shape index (κ1) is 21.0. The molecule has 0 saturated carbocycles. The summed E-state index contributed by atoms with van der Waals surface area (Å²) in [6, 6.07) is 6.10. The quantitative estimate of drug-likeness (QED) is 0.476. The van der Waals surface area contributed by atoms with Crippen LogP contribution >= 0.6 is 20.5 Å². The van der Waals surface area contributed by atoms with Gasteiger partial charge < -0.3 is 5.32 Å². The van der Waals surface area contributed by atoms with Crippen molar-refractivity contribution in [2.75, 3.05) is 31.9 Å². The van der Waals surface area contributed by atoms with E-state index in [0.29, 0.717) is 11.3 Å². The standard InChI is InChI=1S/C21H27ClN6OS/c1-7-10-28-12-15-18(24-21(22)25-19(15)26-28)17-14-11-13(30(4,5,6)27(2)3)8-9-16(14)23-20(17)29/h8-9,11-12,17H,4,7,10H2,1-3,5-6H3,(H,23,29). The monoisotopic (exact) mass is 446 g/mol. The maximum Gasteiger partial charge on any atom is 0.238 e. The molecule has 1 N–H and O–H groups in total. The van der Waals surface area contributed by atoms with Gasteiger partial charge in [-0.2, -0.15) is 19.0 Å². The van der Waals surface area contributed by atoms with Crippen LogP contribution in [0.1, 0.15) is 30.5 Å². The molecule has 0 bridgehead atoms. The number of rotatable bonds is 5. The molecular formula is C21H27ClN6OS. The number of hydrogen-bond acceptors (Lipinski definition) is 5. The minimum absolute atomic E-state index is 0.0891. The van der Waals surface area contributed by atoms with Crippen LogP contribution in [0.2, 0.25) is 5.28 Å². The highest BCUT2D eigenvalue weighted by Crippen LogP contribution is 2.60. The highest BCUT2D eigenvalue weighted by atomic mass is 35.5. The number of hydrogen-bond donors (Lipinski definition) is 1. The van der Waals surface area contributed by atoms with Crippen LogP contribution in [0, 0.1) is 0 Å². The molecule has 0 aliphatic carbocycles. The van der Waals surface area contributed by atoms with Crippen LogP contribution < -0.4 is 5.32 Å². The molecule has 0 spiro atoms. The molecule has 1 aromatic carbocycles. The molecule has 1 aliphatic heterocycles. The van der Waals surface area contributed by atoms with Gasteiger partial charge in [-0.15, -0.1) is 0 Å². The second kappa shape index (κ2) is 6.87. The van der Waals surface area contributed by atoms with E-state index in [9.17, 15) is 4.79 Å². The van der Waals surface area contributed by atoms with Gasteiger partial charge in [-0.25, -0.2) is 4.98 Å². The number of halogens is 1. The van der Waals surface area contributed by atoms with E-state index in [-0.39, 0.29) is 11.2 Å². The van der Waals surface area contributed by atoms with Gasteiger partial charge in [-0.1, -0.05) is 12.8 Å². The molecule has 7 nitrogen and oxygen atoms in total. The van der Waals surface area contributed by atoms with Crippen molar-refractivity contribution in [3.63, 3.8) is 0 Å². The van der Waals surface area contributed by atoms with Crippen molar-refractivity contribution in [3.05, 3.63) is 40.9 Å². The fourth-order valence-electron chi connectivity index (χ4n) is 3.63. The van der Waals surface area contributed by atoms with Gasteiger partial charge >= 0.3 is 0 Å². The van der Waals surface area contributed by atoms with E-state index in [1.807, 2.05) is 31.0 Å². The first-order valence-electron chi connectivity index (χ1n) is 9.77. The topological polar surface area (TPSA) is 75.9 Å². The van der Waals surface area contributed by atoms with E-state index in [2.05, 4.69) is 62.1 Å². The molecule has 160 valence electrons. The number of amides is 1. The predicted octanol–water partition coefficient (Wildman–Crippen LogP) is 3.84. The van der Waals surface area contributed by atoms with E-state index < -0.39 is 14.9 Å². The molecule has 4 rings (SSSR count). The van der Waals surface area contributed by atoms with E-state index >= 15 is 0 Å². The Morgan fingerprint density at radius 3 is 2.70 bits per heavy atom. The molecule has 1 aliphatic rings. The maximum atomic E-state index is 13.0. The summed E-state index contributed by atoms with van der Waals surface area (Å²) >= 11 is 6.22. The lowest BCUT2D eigenvalue weighted by molar-refractivity contribution is -0.116. The fraction of sp³-hybridized carbons (Fsp3) is 0.381. The largest absolute Gasteiger partial charge is 0.325 e. The van der Waals surface area contributed by atoms with Crippen molar-refractivity contribution in [1.82, 2.24) is 24.1 Å². The lowest BCUT2D eigenvalue weighted by atomic mass is 9.95. The van der Waals surface area contributed by atoms with Gasteiger partial charge in [0.25, 0.3) is 0 Å². The molecule has 2 aromatic heterocycles. The zero-order valence-corrected chi connectivity index (χ0v) is 19.5. The third kappa shape index (κ3) is 3.23. The summed E-state index contributed by atoms with van der Waals surface area (Å²) in [7, 11) is 1.82. The van der Waals surface area contributed by atoms with Crippen LogP contribution in [-0.4, -0.2) is 62.4 Å². The van der Waals surface area contributed by atoms with Gasteiger partial charge in [-0.05, 0) is 73.3 Å². The van der Waals surface area contributed by atoms with E-state index in [1.54, 1.807) is 0 Å². The maximum absolute atomic E-state index is 13.0. The summed E-state index contributed by atoms with van der Waals surface area (Å²) in [4.78, 5) is 22.9. The Morgan fingerprint density at radius 2 is 2.03 bits per heavy atom. The lowest BCUT2D eigenvalue weighted by Crippen LogP contribution is -2.24. The molecule has 30 heavy (non-hydrogen) atoms. The van der Waals surface area contributed by atoms with Gasteiger partial charge in [0.1, 0.15) is 5.92 Å². The highest BCUT2D eigenvalue weighted by Gasteiger charge is 2.37. The van der Waals surface area contributed by atoms with E-state index in [4.69, 9.17) is 11.6 Å². The Kier molecular flexibility index (Phi) is 4.80. The number of carbonyl (C=O) groups is 1. The Bertz CT molecular complexity index is 1240. The predicted molar refractivity (Wildman–Crippen MR) is 126 cm³/mol. The molecule has 0 fully saturated rings. The van der Waals surface area contributed by atoms with Crippen molar-refractivity contribution >= 4 is 49.0 Å². The molecule has 3 heterocycles. The zero-order valence-electron chi connectivity index (χ0n) is 17.9. The van der Waals surface area contributed by atoms with Crippen LogP contribution in [0.15, 0.2) is 29.3 Å². The SMILES string of the molecule is C=S(C)(C)(c1ccc2c(c1)C(c1nc(Cl)nc3nn(CCC)cc13)C(=O)N2)N(C)C.